The first-order valence-electron chi connectivity index (χ1n) is 18.8. The third-order valence-electron chi connectivity index (χ3n) is 9.64. The highest BCUT2D eigenvalue weighted by molar-refractivity contribution is 7.91. The second kappa shape index (κ2) is 18.6. The maximum Gasteiger partial charge on any atom is 0.253 e. The molecular formula is C46H36Cl2N6O6S2. The highest BCUT2D eigenvalue weighted by Crippen LogP contribution is 2.30. The quantitative estimate of drug-likeness (QED) is 0.135. The summed E-state index contributed by atoms with van der Waals surface area (Å²) in [6, 6.07) is 31.2. The molecule has 0 aliphatic rings. The fraction of sp³-hybridized carbons (Fsp3) is 0.0870. The predicted molar refractivity (Wildman–Crippen MR) is 241 cm³/mol. The summed E-state index contributed by atoms with van der Waals surface area (Å²) in [5.41, 5.74) is 7.19. The lowest BCUT2D eigenvalue weighted by atomic mass is 10.0. The predicted octanol–water partition coefficient (Wildman–Crippen LogP) is 8.57. The molecule has 4 heterocycles. The molecule has 0 aliphatic carbocycles. The van der Waals surface area contributed by atoms with Gasteiger partial charge < -0.3 is 10.6 Å². The van der Waals surface area contributed by atoms with Gasteiger partial charge in [0.15, 0.2) is 19.7 Å². The van der Waals surface area contributed by atoms with Crippen molar-refractivity contribution in [2.24, 2.45) is 0 Å². The van der Waals surface area contributed by atoms with Crippen LogP contribution in [0.2, 0.25) is 10.0 Å². The van der Waals surface area contributed by atoms with Crippen LogP contribution in [0.4, 0.5) is 0 Å². The molecule has 4 aromatic carbocycles. The zero-order valence-electron chi connectivity index (χ0n) is 33.1. The lowest BCUT2D eigenvalue weighted by Crippen LogP contribution is -2.23. The Bertz CT molecular complexity index is 3190. The maximum absolute atomic E-state index is 12.7. The first-order chi connectivity index (χ1) is 29.6. The zero-order chi connectivity index (χ0) is 44.0. The maximum atomic E-state index is 12.7. The molecule has 0 saturated heterocycles. The Labute approximate surface area is 367 Å². The molecule has 62 heavy (non-hydrogen) atoms. The molecule has 8 aromatic rings. The van der Waals surface area contributed by atoms with Gasteiger partial charge in [0, 0.05) is 82.3 Å². The van der Waals surface area contributed by atoms with Crippen LogP contribution in [0, 0.1) is 0 Å². The van der Waals surface area contributed by atoms with Crippen molar-refractivity contribution in [1.82, 2.24) is 30.6 Å². The molecule has 0 saturated carbocycles. The number of rotatable bonds is 10. The minimum Gasteiger partial charge on any atom is -0.348 e. The van der Waals surface area contributed by atoms with E-state index in [1.54, 1.807) is 91.5 Å². The molecule has 0 bridgehead atoms. The first-order valence-corrected chi connectivity index (χ1v) is 23.3. The monoisotopic (exact) mass is 902 g/mol. The van der Waals surface area contributed by atoms with Crippen LogP contribution in [0.3, 0.4) is 0 Å². The van der Waals surface area contributed by atoms with E-state index in [2.05, 4.69) is 30.6 Å². The smallest absolute Gasteiger partial charge is 0.253 e. The van der Waals surface area contributed by atoms with Crippen molar-refractivity contribution in [3.63, 3.8) is 0 Å². The van der Waals surface area contributed by atoms with Gasteiger partial charge in [-0.15, -0.1) is 0 Å². The van der Waals surface area contributed by atoms with E-state index in [1.165, 1.54) is 30.6 Å². The minimum atomic E-state index is -3.31. The number of hydrogen-bond donors (Lipinski definition) is 2. The Kier molecular flexibility index (Phi) is 13.0. The molecule has 2 amide bonds. The summed E-state index contributed by atoms with van der Waals surface area (Å²) in [5.74, 6) is -0.585. The number of carbonyl (C=O) groups excluding carboxylic acids is 2. The lowest BCUT2D eigenvalue weighted by molar-refractivity contribution is 0.0942. The van der Waals surface area contributed by atoms with Gasteiger partial charge in [-0.25, -0.2) is 16.8 Å². The van der Waals surface area contributed by atoms with Crippen LogP contribution in [0.25, 0.3) is 44.1 Å². The number of aromatic nitrogens is 4. The van der Waals surface area contributed by atoms with E-state index >= 15 is 0 Å². The zero-order valence-corrected chi connectivity index (χ0v) is 36.2. The SMILES string of the molecule is CS(=O)(=O)c1ccc(CNC(=O)c2cnc3cncc(-c4ccc(Cl)cc4)c3c2)cc1.CS(=O)(=O)c1cccc(CNC(=O)c2cnc3cncc(-c4ccc(Cl)cc4)c3c2)c1. The average Bonchev–Trinajstić information content (AvgIpc) is 3.27. The third-order valence-corrected chi connectivity index (χ3v) is 12.4. The standard InChI is InChI=1S/2C23H18ClN3O3S/c1-31(29,30)19-8-2-15(3-9-19)11-27-23(28)17-10-20-21(13-25-14-22(20)26-12-17)16-4-6-18(24)7-5-16;1-31(29,30)19-4-2-3-15(9-19)11-27-23(28)17-10-20-21(13-25-14-22(20)26-12-17)16-5-7-18(24)8-6-16/h2*2-10,12-14H,11H2,1H3,(H,27,28). The molecule has 0 fully saturated rings. The largest absolute Gasteiger partial charge is 0.348 e. The Morgan fingerprint density at radius 1 is 0.516 bits per heavy atom. The van der Waals surface area contributed by atoms with Gasteiger partial charge >= 0.3 is 0 Å². The highest BCUT2D eigenvalue weighted by Gasteiger charge is 2.14. The van der Waals surface area contributed by atoms with Gasteiger partial charge in [-0.1, -0.05) is 71.7 Å². The fourth-order valence-corrected chi connectivity index (χ4v) is 7.94. The summed E-state index contributed by atoms with van der Waals surface area (Å²) in [4.78, 5) is 43.1. The number of nitrogens with one attached hydrogen (secondary N) is 2. The molecule has 8 rings (SSSR count). The van der Waals surface area contributed by atoms with Crippen LogP contribution in [0.15, 0.2) is 156 Å². The van der Waals surface area contributed by atoms with Crippen molar-refractivity contribution >= 4 is 76.5 Å². The van der Waals surface area contributed by atoms with Crippen LogP contribution in [0.1, 0.15) is 31.8 Å². The molecule has 312 valence electrons. The van der Waals surface area contributed by atoms with Gasteiger partial charge in [0.05, 0.1) is 44.3 Å². The summed E-state index contributed by atoms with van der Waals surface area (Å²) in [7, 11) is -6.56. The summed E-state index contributed by atoms with van der Waals surface area (Å²) in [6.07, 6.45) is 12.1. The van der Waals surface area contributed by atoms with Crippen LogP contribution in [0.5, 0.6) is 0 Å². The van der Waals surface area contributed by atoms with Crippen LogP contribution >= 0.6 is 23.2 Å². The number of sulfone groups is 2. The number of hydrogen-bond acceptors (Lipinski definition) is 10. The van der Waals surface area contributed by atoms with Crippen molar-refractivity contribution in [2.45, 2.75) is 22.9 Å². The number of pyridine rings is 4. The van der Waals surface area contributed by atoms with Crippen molar-refractivity contribution in [1.29, 1.82) is 0 Å². The molecule has 0 aliphatic heterocycles. The number of halogens is 2. The Morgan fingerprint density at radius 2 is 0.968 bits per heavy atom. The Balaban J connectivity index is 0.000000186. The Morgan fingerprint density at radius 3 is 1.42 bits per heavy atom. The van der Waals surface area contributed by atoms with Gasteiger partial charge in [-0.2, -0.15) is 0 Å². The molecule has 2 N–H and O–H groups in total. The highest BCUT2D eigenvalue weighted by atomic mass is 35.5. The van der Waals surface area contributed by atoms with Crippen molar-refractivity contribution in [2.75, 3.05) is 12.5 Å². The molecule has 12 nitrogen and oxygen atoms in total. The van der Waals surface area contributed by atoms with Crippen LogP contribution in [-0.4, -0.2) is 61.1 Å². The van der Waals surface area contributed by atoms with Crippen LogP contribution in [-0.2, 0) is 32.8 Å². The molecular weight excluding hydrogens is 868 g/mol. The minimum absolute atomic E-state index is 0.195. The summed E-state index contributed by atoms with van der Waals surface area (Å²) >= 11 is 12.0. The number of carbonyl (C=O) groups is 2. The number of nitrogens with zero attached hydrogens (tertiary/aromatic N) is 4. The van der Waals surface area contributed by atoms with E-state index in [0.717, 1.165) is 51.1 Å². The average molecular weight is 904 g/mol. The van der Waals surface area contributed by atoms with Gasteiger partial charge in [0.1, 0.15) is 0 Å². The van der Waals surface area contributed by atoms with E-state index in [4.69, 9.17) is 23.2 Å². The number of benzene rings is 4. The Hall–Kier alpha value is -6.58. The molecule has 0 atom stereocenters. The molecule has 0 spiro atoms. The second-order valence-electron chi connectivity index (χ2n) is 14.2. The molecule has 16 heteroatoms. The number of fused-ring (bicyclic) bond motifs is 2. The van der Waals surface area contributed by atoms with E-state index in [0.29, 0.717) is 37.8 Å². The van der Waals surface area contributed by atoms with E-state index in [-0.39, 0.29) is 34.7 Å². The van der Waals surface area contributed by atoms with Crippen molar-refractivity contribution in [3.8, 4) is 22.3 Å². The van der Waals surface area contributed by atoms with E-state index in [1.807, 2.05) is 24.3 Å². The molecule has 0 radical (unpaired) electrons. The lowest BCUT2D eigenvalue weighted by Gasteiger charge is -2.09. The molecule has 4 aromatic heterocycles. The summed E-state index contributed by atoms with van der Waals surface area (Å²) in [5, 5.41) is 8.54. The molecule has 0 unspecified atom stereocenters. The van der Waals surface area contributed by atoms with Gasteiger partial charge in [0.2, 0.25) is 0 Å². The van der Waals surface area contributed by atoms with Crippen LogP contribution < -0.4 is 10.6 Å². The van der Waals surface area contributed by atoms with Crippen molar-refractivity contribution in [3.05, 3.63) is 179 Å². The van der Waals surface area contributed by atoms with Gasteiger partial charge in [-0.3, -0.25) is 29.5 Å². The summed E-state index contributed by atoms with van der Waals surface area (Å²) < 4.78 is 46.6. The topological polar surface area (TPSA) is 178 Å². The first kappa shape index (κ1) is 43.5. The van der Waals surface area contributed by atoms with Crippen molar-refractivity contribution < 1.29 is 26.4 Å². The number of amides is 2. The van der Waals surface area contributed by atoms with E-state index in [9.17, 15) is 26.4 Å². The van der Waals surface area contributed by atoms with Gasteiger partial charge in [0.25, 0.3) is 11.8 Å². The van der Waals surface area contributed by atoms with E-state index < -0.39 is 19.7 Å². The normalized spacial score (nSPS) is 11.4. The van der Waals surface area contributed by atoms with Gasteiger partial charge in [-0.05, 0) is 82.9 Å². The fourth-order valence-electron chi connectivity index (χ4n) is 6.37. The third kappa shape index (κ3) is 10.6. The second-order valence-corrected chi connectivity index (χ2v) is 19.1. The summed E-state index contributed by atoms with van der Waals surface area (Å²) in [6.45, 7) is 0.460.